The van der Waals surface area contributed by atoms with Crippen molar-refractivity contribution >= 4 is 17.4 Å². The van der Waals surface area contributed by atoms with E-state index in [-0.39, 0.29) is 5.69 Å². The average Bonchev–Trinajstić information content (AvgIpc) is 2.47. The molecule has 0 fully saturated rings. The highest BCUT2D eigenvalue weighted by atomic mass is 32.2. The van der Waals surface area contributed by atoms with Gasteiger partial charge in [-0.05, 0) is 24.3 Å². The van der Waals surface area contributed by atoms with E-state index >= 15 is 0 Å². The van der Waals surface area contributed by atoms with Crippen LogP contribution in [-0.2, 0) is 0 Å². The van der Waals surface area contributed by atoms with Crippen LogP contribution < -0.4 is 4.74 Å². The van der Waals surface area contributed by atoms with Crippen LogP contribution in [0.3, 0.4) is 0 Å². The topological polar surface area (TPSA) is 52.4 Å². The molecule has 0 amide bonds. The second kappa shape index (κ2) is 7.03. The van der Waals surface area contributed by atoms with Crippen LogP contribution in [0.1, 0.15) is 0 Å². The van der Waals surface area contributed by atoms with E-state index in [0.717, 1.165) is 12.1 Å². The SMILES string of the molecule is O=[N+]([O-])c1cccc(OCCSc2ccc(F)c(F)c2)c1. The van der Waals surface area contributed by atoms with Crippen molar-refractivity contribution in [2.75, 3.05) is 12.4 Å². The number of ether oxygens (including phenoxy) is 1. The van der Waals surface area contributed by atoms with Crippen molar-refractivity contribution in [2.45, 2.75) is 4.90 Å². The number of benzene rings is 2. The summed E-state index contributed by atoms with van der Waals surface area (Å²) in [5.41, 5.74) is -0.0410. The summed E-state index contributed by atoms with van der Waals surface area (Å²) in [5.74, 6) is -0.866. The van der Waals surface area contributed by atoms with Gasteiger partial charge in [0.05, 0.1) is 17.6 Å². The third kappa shape index (κ3) is 4.42. The van der Waals surface area contributed by atoms with E-state index in [9.17, 15) is 18.9 Å². The minimum absolute atomic E-state index is 0.0410. The van der Waals surface area contributed by atoms with E-state index in [1.54, 1.807) is 6.07 Å². The molecule has 2 aromatic rings. The maximum Gasteiger partial charge on any atom is 0.273 e. The molecule has 2 rings (SSSR count). The number of hydrogen-bond acceptors (Lipinski definition) is 4. The lowest BCUT2D eigenvalue weighted by molar-refractivity contribution is -0.384. The van der Waals surface area contributed by atoms with Crippen LogP contribution in [0.15, 0.2) is 47.4 Å². The molecule has 4 nitrogen and oxygen atoms in total. The summed E-state index contributed by atoms with van der Waals surface area (Å²) in [6.07, 6.45) is 0. The normalized spacial score (nSPS) is 10.4. The van der Waals surface area contributed by atoms with Gasteiger partial charge in [0.2, 0.25) is 0 Å². The zero-order valence-electron chi connectivity index (χ0n) is 10.8. The predicted molar refractivity (Wildman–Crippen MR) is 75.7 cm³/mol. The minimum atomic E-state index is -0.889. The van der Waals surface area contributed by atoms with Gasteiger partial charge < -0.3 is 4.74 Å². The van der Waals surface area contributed by atoms with Crippen molar-refractivity contribution in [2.24, 2.45) is 0 Å². The highest BCUT2D eigenvalue weighted by Crippen LogP contribution is 2.22. The number of rotatable bonds is 6. The lowest BCUT2D eigenvalue weighted by atomic mass is 10.3. The Hall–Kier alpha value is -2.15. The van der Waals surface area contributed by atoms with E-state index in [1.807, 2.05) is 0 Å². The Morgan fingerprint density at radius 1 is 1.14 bits per heavy atom. The number of nitro groups is 1. The quantitative estimate of drug-likeness (QED) is 0.349. The second-order valence-electron chi connectivity index (χ2n) is 4.03. The van der Waals surface area contributed by atoms with Crippen molar-refractivity contribution < 1.29 is 18.4 Å². The molecule has 0 radical (unpaired) electrons. The number of nitro benzene ring substituents is 1. The maximum absolute atomic E-state index is 13.0. The first-order valence-corrected chi connectivity index (χ1v) is 7.00. The Kier molecular flexibility index (Phi) is 5.10. The van der Waals surface area contributed by atoms with Crippen LogP contribution in [-0.4, -0.2) is 17.3 Å². The zero-order chi connectivity index (χ0) is 15.2. The fourth-order valence-corrected chi connectivity index (χ4v) is 2.33. The summed E-state index contributed by atoms with van der Waals surface area (Å²) in [4.78, 5) is 10.7. The van der Waals surface area contributed by atoms with E-state index in [4.69, 9.17) is 4.74 Å². The summed E-state index contributed by atoms with van der Waals surface area (Å²) in [7, 11) is 0. The van der Waals surface area contributed by atoms with Crippen molar-refractivity contribution in [3.8, 4) is 5.75 Å². The number of thioether (sulfide) groups is 1. The number of nitrogens with zero attached hydrogens (tertiary/aromatic N) is 1. The van der Waals surface area contributed by atoms with Gasteiger partial charge >= 0.3 is 0 Å². The highest BCUT2D eigenvalue weighted by Gasteiger charge is 2.06. The monoisotopic (exact) mass is 311 g/mol. The molecule has 0 aliphatic heterocycles. The van der Waals surface area contributed by atoms with Gasteiger partial charge in [-0.25, -0.2) is 8.78 Å². The van der Waals surface area contributed by atoms with Crippen LogP contribution in [0, 0.1) is 21.7 Å². The molecular weight excluding hydrogens is 300 g/mol. The van der Waals surface area contributed by atoms with Gasteiger partial charge in [0.1, 0.15) is 5.75 Å². The smallest absolute Gasteiger partial charge is 0.273 e. The Bertz CT molecular complexity index is 652. The largest absolute Gasteiger partial charge is 0.492 e. The molecule has 0 atom stereocenters. The molecule has 0 aliphatic carbocycles. The van der Waals surface area contributed by atoms with Crippen LogP contribution in [0.4, 0.5) is 14.5 Å². The van der Waals surface area contributed by atoms with Crippen molar-refractivity contribution in [3.63, 3.8) is 0 Å². The fourth-order valence-electron chi connectivity index (χ4n) is 1.57. The molecule has 0 saturated carbocycles. The first-order chi connectivity index (χ1) is 10.1. The summed E-state index contributed by atoms with van der Waals surface area (Å²) < 4.78 is 31.1. The van der Waals surface area contributed by atoms with Gasteiger partial charge in [-0.2, -0.15) is 0 Å². The van der Waals surface area contributed by atoms with Gasteiger partial charge in [-0.15, -0.1) is 11.8 Å². The molecule has 110 valence electrons. The first kappa shape index (κ1) is 15.2. The Morgan fingerprint density at radius 2 is 1.95 bits per heavy atom. The van der Waals surface area contributed by atoms with Crippen LogP contribution >= 0.6 is 11.8 Å². The molecule has 0 N–H and O–H groups in total. The molecule has 0 unspecified atom stereocenters. The molecule has 0 aromatic heterocycles. The van der Waals surface area contributed by atoms with E-state index in [2.05, 4.69) is 0 Å². The molecule has 2 aromatic carbocycles. The Balaban J connectivity index is 1.83. The third-order valence-electron chi connectivity index (χ3n) is 2.54. The van der Waals surface area contributed by atoms with E-state index in [0.29, 0.717) is 23.0 Å². The van der Waals surface area contributed by atoms with Crippen molar-refractivity contribution in [1.82, 2.24) is 0 Å². The molecule has 0 saturated heterocycles. The van der Waals surface area contributed by atoms with E-state index < -0.39 is 16.6 Å². The number of non-ortho nitro benzene ring substituents is 1. The summed E-state index contributed by atoms with van der Waals surface area (Å²) in [6.45, 7) is 0.296. The Morgan fingerprint density at radius 3 is 2.67 bits per heavy atom. The molecule has 0 heterocycles. The molecular formula is C14H11F2NO3S. The minimum Gasteiger partial charge on any atom is -0.492 e. The molecule has 0 aliphatic rings. The van der Waals surface area contributed by atoms with Crippen molar-refractivity contribution in [1.29, 1.82) is 0 Å². The molecule has 7 heteroatoms. The maximum atomic E-state index is 13.0. The van der Waals surface area contributed by atoms with Crippen LogP contribution in [0.2, 0.25) is 0 Å². The second-order valence-corrected chi connectivity index (χ2v) is 5.20. The molecule has 21 heavy (non-hydrogen) atoms. The van der Waals surface area contributed by atoms with Gasteiger partial charge in [-0.3, -0.25) is 10.1 Å². The lowest BCUT2D eigenvalue weighted by Crippen LogP contribution is -2.00. The van der Waals surface area contributed by atoms with Gasteiger partial charge in [0.25, 0.3) is 5.69 Å². The highest BCUT2D eigenvalue weighted by molar-refractivity contribution is 7.99. The van der Waals surface area contributed by atoms with E-state index in [1.165, 1.54) is 36.0 Å². The van der Waals surface area contributed by atoms with Gasteiger partial charge in [0, 0.05) is 16.7 Å². The molecule has 0 spiro atoms. The average molecular weight is 311 g/mol. The van der Waals surface area contributed by atoms with Gasteiger partial charge in [0.15, 0.2) is 11.6 Å². The lowest BCUT2D eigenvalue weighted by Gasteiger charge is -2.06. The predicted octanol–water partition coefficient (Wildman–Crippen LogP) is 4.04. The third-order valence-corrected chi connectivity index (χ3v) is 3.50. The summed E-state index contributed by atoms with van der Waals surface area (Å²) >= 11 is 1.31. The number of halogens is 2. The number of hydrogen-bond donors (Lipinski definition) is 0. The van der Waals surface area contributed by atoms with Crippen LogP contribution in [0.5, 0.6) is 5.75 Å². The van der Waals surface area contributed by atoms with Crippen molar-refractivity contribution in [3.05, 3.63) is 64.2 Å². The standard InChI is InChI=1S/C14H11F2NO3S/c15-13-5-4-12(9-14(13)16)21-7-6-20-11-3-1-2-10(8-11)17(18)19/h1-5,8-9H,6-7H2. The summed E-state index contributed by atoms with van der Waals surface area (Å²) in [5, 5.41) is 10.6. The fraction of sp³-hybridized carbons (Fsp3) is 0.143. The zero-order valence-corrected chi connectivity index (χ0v) is 11.6. The van der Waals surface area contributed by atoms with Gasteiger partial charge in [-0.1, -0.05) is 6.07 Å². The Labute approximate surface area is 123 Å². The summed E-state index contributed by atoms with van der Waals surface area (Å²) in [6, 6.07) is 9.54. The molecule has 0 bridgehead atoms. The van der Waals surface area contributed by atoms with Crippen LogP contribution in [0.25, 0.3) is 0 Å². The first-order valence-electron chi connectivity index (χ1n) is 6.01.